The molecule has 2 amide bonds. The van der Waals surface area contributed by atoms with Crippen LogP contribution >= 0.6 is 0 Å². The number of rotatable bonds is 18. The Kier molecular flexibility index (Phi) is 15.6. The summed E-state index contributed by atoms with van der Waals surface area (Å²) in [6, 6.07) is 11.9. The fourth-order valence-corrected chi connectivity index (χ4v) is 9.41. The summed E-state index contributed by atoms with van der Waals surface area (Å²) in [6.07, 6.45) is 3.01. The molecule has 0 bridgehead atoms. The molecule has 0 unspecified atom stereocenters. The van der Waals surface area contributed by atoms with Gasteiger partial charge in [-0.1, -0.05) is 59.7 Å². The maximum absolute atomic E-state index is 14.0. The molecule has 3 aromatic rings. The number of amides is 2. The van der Waals surface area contributed by atoms with Crippen molar-refractivity contribution < 1.29 is 47.2 Å². The molecule has 2 saturated heterocycles. The molecule has 2 fully saturated rings. The number of methoxy groups -OCH3 is 2. The minimum Gasteiger partial charge on any atom is -0.493 e. The van der Waals surface area contributed by atoms with Gasteiger partial charge in [0.2, 0.25) is 0 Å². The van der Waals surface area contributed by atoms with Crippen molar-refractivity contribution in [1.82, 2.24) is 9.80 Å². The zero-order valence-electron chi connectivity index (χ0n) is 39.5. The first kappa shape index (κ1) is 50.0. The molecule has 2 atom stereocenters. The van der Waals surface area contributed by atoms with E-state index in [0.29, 0.717) is 37.4 Å². The standard InChI is InChI=1S/C46H66N4O12Si2/c1-45(2,3)63(9,10)61-29-33-18-14-20-47(33)43(51)35-23-39(57-7)41(25-37(35)49(53)54)59-27-31-16-13-17-32(22-31)28-60-42-26-38(50(55)56)36(24-40(42)58-8)44(52)48-21-15-19-34(48)30-62-64(11,12)46(4,5)6/h13,16-17,22-26,33-34H,14-15,18-21,27-30H2,1-12H3/t33-,34-/m0/s1. The number of hydrogen-bond acceptors (Lipinski definition) is 12. The zero-order valence-corrected chi connectivity index (χ0v) is 41.5. The molecule has 2 heterocycles. The van der Waals surface area contributed by atoms with Crippen molar-refractivity contribution in [3.8, 4) is 23.0 Å². The van der Waals surface area contributed by atoms with E-state index in [2.05, 4.69) is 67.7 Å². The van der Waals surface area contributed by atoms with Crippen LogP contribution < -0.4 is 18.9 Å². The molecule has 0 aliphatic carbocycles. The molecule has 0 aromatic heterocycles. The van der Waals surface area contributed by atoms with E-state index in [1.54, 1.807) is 34.1 Å². The number of benzene rings is 3. The van der Waals surface area contributed by atoms with Crippen LogP contribution in [0, 0.1) is 20.2 Å². The Labute approximate surface area is 379 Å². The first-order valence-electron chi connectivity index (χ1n) is 21.8. The van der Waals surface area contributed by atoms with Gasteiger partial charge in [-0.2, -0.15) is 0 Å². The van der Waals surface area contributed by atoms with Crippen molar-refractivity contribution in [3.05, 3.63) is 91.0 Å². The van der Waals surface area contributed by atoms with E-state index >= 15 is 0 Å². The number of ether oxygens (including phenoxy) is 4. The number of carbonyl (C=O) groups is 2. The van der Waals surface area contributed by atoms with Crippen LogP contribution in [0.25, 0.3) is 0 Å². The molecule has 2 aliphatic heterocycles. The molecule has 0 spiro atoms. The summed E-state index contributed by atoms with van der Waals surface area (Å²) >= 11 is 0. The fraction of sp³-hybridized carbons (Fsp3) is 0.565. The predicted octanol–water partition coefficient (Wildman–Crippen LogP) is 9.93. The first-order chi connectivity index (χ1) is 29.9. The minimum atomic E-state index is -2.09. The zero-order chi connectivity index (χ0) is 47.4. The number of carbonyl (C=O) groups excluding carboxylic acids is 2. The van der Waals surface area contributed by atoms with Crippen molar-refractivity contribution in [2.45, 2.75) is 129 Å². The molecule has 0 radical (unpaired) electrons. The van der Waals surface area contributed by atoms with Crippen LogP contribution in [-0.2, 0) is 22.1 Å². The van der Waals surface area contributed by atoms with Crippen molar-refractivity contribution in [2.75, 3.05) is 40.5 Å². The summed E-state index contributed by atoms with van der Waals surface area (Å²) in [4.78, 5) is 54.8. The van der Waals surface area contributed by atoms with Crippen LogP contribution in [0.2, 0.25) is 36.3 Å². The van der Waals surface area contributed by atoms with E-state index < -0.39 is 49.7 Å². The van der Waals surface area contributed by atoms with Crippen LogP contribution in [0.4, 0.5) is 11.4 Å². The lowest BCUT2D eigenvalue weighted by Gasteiger charge is -2.38. The van der Waals surface area contributed by atoms with Gasteiger partial charge in [-0.25, -0.2) is 0 Å². The highest BCUT2D eigenvalue weighted by molar-refractivity contribution is 6.74. The van der Waals surface area contributed by atoms with Gasteiger partial charge in [0.1, 0.15) is 24.3 Å². The maximum atomic E-state index is 14.0. The Morgan fingerprint density at radius 3 is 1.34 bits per heavy atom. The highest BCUT2D eigenvalue weighted by Gasteiger charge is 2.42. The molecule has 3 aromatic carbocycles. The Hall–Kier alpha value is -5.05. The lowest BCUT2D eigenvalue weighted by Crippen LogP contribution is -2.46. The summed E-state index contributed by atoms with van der Waals surface area (Å²) in [5.74, 6) is -0.425. The Bertz CT molecular complexity index is 2050. The van der Waals surface area contributed by atoms with Gasteiger partial charge in [0.25, 0.3) is 23.2 Å². The number of nitro benzene ring substituents is 2. The SMILES string of the molecule is COc1cc(C(=O)N2CCC[C@H]2CO[Si](C)(C)C(C)(C)C)c([N+](=O)[O-])cc1OCc1cccc(COc2cc([N+](=O)[O-])c(C(=O)N3CCC[C@H]3CO[Si](C)(C)C(C)(C)C)cc2OC)c1. The third-order valence-corrected chi connectivity index (χ3v) is 22.4. The van der Waals surface area contributed by atoms with Gasteiger partial charge >= 0.3 is 0 Å². The first-order valence-corrected chi connectivity index (χ1v) is 27.7. The third kappa shape index (κ3) is 11.4. The number of likely N-dealkylation sites (tertiary alicyclic amines) is 2. The van der Waals surface area contributed by atoms with Crippen LogP contribution in [0.5, 0.6) is 23.0 Å². The molecule has 64 heavy (non-hydrogen) atoms. The third-order valence-electron chi connectivity index (χ3n) is 13.4. The minimum absolute atomic E-state index is 0.00669. The quantitative estimate of drug-likeness (QED) is 0.0670. The van der Waals surface area contributed by atoms with Crippen molar-refractivity contribution in [3.63, 3.8) is 0 Å². The topological polar surface area (TPSA) is 182 Å². The highest BCUT2D eigenvalue weighted by atomic mass is 28.4. The normalized spacial score (nSPS) is 17.1. The molecule has 18 heteroatoms. The molecule has 0 N–H and O–H groups in total. The van der Waals surface area contributed by atoms with E-state index in [1.807, 2.05) is 0 Å². The van der Waals surface area contributed by atoms with Crippen LogP contribution in [0.1, 0.15) is 99.1 Å². The van der Waals surface area contributed by atoms with E-state index in [-0.39, 0.29) is 69.5 Å². The Balaban J connectivity index is 1.28. The second-order valence-electron chi connectivity index (χ2n) is 19.7. The van der Waals surface area contributed by atoms with Gasteiger partial charge in [0.05, 0.1) is 61.5 Å². The van der Waals surface area contributed by atoms with E-state index in [9.17, 15) is 29.8 Å². The van der Waals surface area contributed by atoms with Gasteiger partial charge in [-0.3, -0.25) is 29.8 Å². The van der Waals surface area contributed by atoms with Gasteiger partial charge in [-0.15, -0.1) is 0 Å². The summed E-state index contributed by atoms with van der Waals surface area (Å²) in [5, 5.41) is 24.8. The largest absolute Gasteiger partial charge is 0.493 e. The van der Waals surface area contributed by atoms with Gasteiger partial charge in [0, 0.05) is 25.2 Å². The molecule has 350 valence electrons. The summed E-state index contributed by atoms with van der Waals surface area (Å²) in [7, 11) is -1.37. The molecular formula is C46H66N4O12Si2. The molecule has 16 nitrogen and oxygen atoms in total. The van der Waals surface area contributed by atoms with Crippen LogP contribution in [0.15, 0.2) is 48.5 Å². The van der Waals surface area contributed by atoms with Gasteiger partial charge in [-0.05, 0) is 79.1 Å². The summed E-state index contributed by atoms with van der Waals surface area (Å²) in [5.41, 5.74) is 0.393. The average molecular weight is 923 g/mol. The van der Waals surface area contributed by atoms with Crippen LogP contribution in [0.3, 0.4) is 0 Å². The van der Waals surface area contributed by atoms with Gasteiger partial charge < -0.3 is 37.6 Å². The second-order valence-corrected chi connectivity index (χ2v) is 29.3. The van der Waals surface area contributed by atoms with Crippen LogP contribution in [-0.4, -0.2) is 101 Å². The summed E-state index contributed by atoms with van der Waals surface area (Å²) in [6.45, 7) is 23.2. The van der Waals surface area contributed by atoms with Gasteiger partial charge in [0.15, 0.2) is 39.6 Å². The molecule has 0 saturated carbocycles. The molecule has 5 rings (SSSR count). The monoisotopic (exact) mass is 922 g/mol. The fourth-order valence-electron chi connectivity index (χ4n) is 7.32. The van der Waals surface area contributed by atoms with Crippen molar-refractivity contribution >= 4 is 39.8 Å². The number of nitro groups is 2. The number of hydrogen-bond donors (Lipinski definition) is 0. The van der Waals surface area contributed by atoms with Crippen molar-refractivity contribution in [2.24, 2.45) is 0 Å². The van der Waals surface area contributed by atoms with E-state index in [4.69, 9.17) is 27.8 Å². The van der Waals surface area contributed by atoms with Crippen molar-refractivity contribution in [1.29, 1.82) is 0 Å². The Morgan fingerprint density at radius 1 is 0.641 bits per heavy atom. The number of nitrogens with zero attached hydrogens (tertiary/aromatic N) is 4. The lowest BCUT2D eigenvalue weighted by molar-refractivity contribution is -0.385. The predicted molar refractivity (Wildman–Crippen MR) is 249 cm³/mol. The average Bonchev–Trinajstić information content (AvgIpc) is 3.92. The lowest BCUT2D eigenvalue weighted by atomic mass is 10.1. The smallest absolute Gasteiger partial charge is 0.286 e. The molecule has 2 aliphatic rings. The van der Waals surface area contributed by atoms with E-state index in [0.717, 1.165) is 25.7 Å². The highest BCUT2D eigenvalue weighted by Crippen LogP contribution is 2.41. The van der Waals surface area contributed by atoms with E-state index in [1.165, 1.54) is 38.5 Å². The maximum Gasteiger partial charge on any atom is 0.286 e. The summed E-state index contributed by atoms with van der Waals surface area (Å²) < 4.78 is 36.2. The second kappa shape index (κ2) is 20.0. The Morgan fingerprint density at radius 2 is 1.02 bits per heavy atom. The molecular weight excluding hydrogens is 857 g/mol.